The van der Waals surface area contributed by atoms with E-state index in [4.69, 9.17) is 0 Å². The van der Waals surface area contributed by atoms with E-state index in [0.29, 0.717) is 11.1 Å². The number of hydrogen-bond acceptors (Lipinski definition) is 3. The Morgan fingerprint density at radius 3 is 1.34 bits per heavy atom. The van der Waals surface area contributed by atoms with Gasteiger partial charge >= 0.3 is 0 Å². The summed E-state index contributed by atoms with van der Waals surface area (Å²) in [5, 5.41) is 9.30. The summed E-state index contributed by atoms with van der Waals surface area (Å²) in [4.78, 5) is 25.5. The van der Waals surface area contributed by atoms with Gasteiger partial charge < -0.3 is 5.11 Å². The molecule has 32 heavy (non-hydrogen) atoms. The van der Waals surface area contributed by atoms with Crippen LogP contribution in [-0.4, -0.2) is 16.7 Å². The first-order valence-electron chi connectivity index (χ1n) is 10.8. The Labute approximate surface area is 187 Å². The molecule has 3 heteroatoms. The van der Waals surface area contributed by atoms with E-state index < -0.39 is 11.6 Å². The van der Waals surface area contributed by atoms with E-state index in [-0.39, 0.29) is 6.61 Å². The van der Waals surface area contributed by atoms with Crippen LogP contribution >= 0.6 is 0 Å². The summed E-state index contributed by atoms with van der Waals surface area (Å²) in [6.45, 7) is 2.12. The van der Waals surface area contributed by atoms with Gasteiger partial charge in [0, 0.05) is 11.1 Å². The van der Waals surface area contributed by atoms with Gasteiger partial charge in [0.25, 0.3) is 0 Å². The van der Waals surface area contributed by atoms with Crippen LogP contribution in [0.2, 0.25) is 0 Å². The highest BCUT2D eigenvalue weighted by Gasteiger charge is 2.30. The van der Waals surface area contributed by atoms with Gasteiger partial charge in [-0.25, -0.2) is 0 Å². The molecule has 4 aromatic rings. The van der Waals surface area contributed by atoms with Crippen molar-refractivity contribution in [3.63, 3.8) is 0 Å². The van der Waals surface area contributed by atoms with Crippen molar-refractivity contribution in [2.75, 3.05) is 0 Å². The molecular weight excluding hydrogens is 396 g/mol. The molecule has 0 bridgehead atoms. The molecule has 0 aliphatic heterocycles. The summed E-state index contributed by atoms with van der Waals surface area (Å²) in [7, 11) is 0. The molecule has 0 fully saturated rings. The monoisotopic (exact) mass is 418 g/mol. The van der Waals surface area contributed by atoms with Crippen molar-refractivity contribution in [2.24, 2.45) is 0 Å². The van der Waals surface area contributed by atoms with E-state index in [2.05, 4.69) is 31.2 Å². The fourth-order valence-electron chi connectivity index (χ4n) is 4.27. The summed E-state index contributed by atoms with van der Waals surface area (Å²) in [5.41, 5.74) is 8.60. The number of fused-ring (bicyclic) bond motifs is 3. The van der Waals surface area contributed by atoms with Gasteiger partial charge in [0.2, 0.25) is 11.6 Å². The maximum absolute atomic E-state index is 12.8. The fourth-order valence-corrected chi connectivity index (χ4v) is 4.27. The fraction of sp³-hybridized carbons (Fsp3) is 0.103. The highest BCUT2D eigenvalue weighted by molar-refractivity contribution is 6.53. The molecule has 1 aliphatic carbocycles. The number of aliphatic hydroxyl groups is 1. The lowest BCUT2D eigenvalue weighted by Gasteiger charge is -2.20. The Morgan fingerprint density at radius 1 is 0.531 bits per heavy atom. The zero-order valence-corrected chi connectivity index (χ0v) is 17.8. The average molecular weight is 418 g/mol. The molecule has 1 N–H and O–H groups in total. The number of aliphatic hydroxyl groups excluding tert-OH is 1. The second-order valence-electron chi connectivity index (χ2n) is 8.08. The smallest absolute Gasteiger partial charge is 0.234 e. The van der Waals surface area contributed by atoms with Crippen LogP contribution in [0.1, 0.15) is 38.8 Å². The van der Waals surface area contributed by atoms with Crippen molar-refractivity contribution in [1.82, 2.24) is 0 Å². The molecular formula is C29H22O3. The van der Waals surface area contributed by atoms with E-state index in [1.807, 2.05) is 48.5 Å². The third kappa shape index (κ3) is 3.37. The van der Waals surface area contributed by atoms with E-state index in [1.165, 1.54) is 5.56 Å². The standard InChI is InChI=1S/C29H22O3/c1-2-18-3-7-20(8-4-18)22-11-13-24-26(15-22)27-16-23(12-14-25(27)29(32)28(24)31)21-9-5-19(17-30)6-10-21/h3-16,30H,2,17H2,1H3. The predicted molar refractivity (Wildman–Crippen MR) is 127 cm³/mol. The van der Waals surface area contributed by atoms with Crippen LogP contribution in [0.5, 0.6) is 0 Å². The van der Waals surface area contributed by atoms with Gasteiger partial charge in [0.1, 0.15) is 0 Å². The molecule has 0 spiro atoms. The van der Waals surface area contributed by atoms with Gasteiger partial charge in [-0.3, -0.25) is 9.59 Å². The van der Waals surface area contributed by atoms with Crippen LogP contribution in [-0.2, 0) is 13.0 Å². The number of ketones is 2. The molecule has 4 aromatic carbocycles. The van der Waals surface area contributed by atoms with Gasteiger partial charge in [-0.2, -0.15) is 0 Å². The molecule has 5 rings (SSSR count). The van der Waals surface area contributed by atoms with E-state index in [0.717, 1.165) is 45.4 Å². The van der Waals surface area contributed by atoms with E-state index in [9.17, 15) is 14.7 Å². The number of aryl methyl sites for hydroxylation is 1. The largest absolute Gasteiger partial charge is 0.392 e. The second kappa shape index (κ2) is 8.03. The summed E-state index contributed by atoms with van der Waals surface area (Å²) in [6.07, 6.45) is 0.983. The molecule has 0 unspecified atom stereocenters. The van der Waals surface area contributed by atoms with Crippen molar-refractivity contribution in [3.8, 4) is 33.4 Å². The molecule has 0 aromatic heterocycles. The number of carbonyl (C=O) groups is 2. The lowest BCUT2D eigenvalue weighted by Crippen LogP contribution is -2.21. The minimum Gasteiger partial charge on any atom is -0.392 e. The van der Waals surface area contributed by atoms with Crippen molar-refractivity contribution in [1.29, 1.82) is 0 Å². The van der Waals surface area contributed by atoms with Gasteiger partial charge in [0.05, 0.1) is 6.61 Å². The first-order valence-corrected chi connectivity index (χ1v) is 10.8. The van der Waals surface area contributed by atoms with Crippen LogP contribution < -0.4 is 0 Å². The van der Waals surface area contributed by atoms with Crippen LogP contribution in [0.3, 0.4) is 0 Å². The molecule has 0 saturated heterocycles. The average Bonchev–Trinajstić information content (AvgIpc) is 2.86. The quantitative estimate of drug-likeness (QED) is 0.406. The molecule has 156 valence electrons. The maximum atomic E-state index is 12.8. The Balaban J connectivity index is 1.64. The second-order valence-corrected chi connectivity index (χ2v) is 8.08. The van der Waals surface area contributed by atoms with Crippen LogP contribution in [0.25, 0.3) is 33.4 Å². The number of rotatable bonds is 4. The normalized spacial score (nSPS) is 12.4. The topological polar surface area (TPSA) is 54.4 Å². The van der Waals surface area contributed by atoms with Crippen LogP contribution in [0.15, 0.2) is 84.9 Å². The zero-order valence-electron chi connectivity index (χ0n) is 17.8. The maximum Gasteiger partial charge on any atom is 0.234 e. The first-order chi connectivity index (χ1) is 15.6. The lowest BCUT2D eigenvalue weighted by atomic mass is 9.81. The highest BCUT2D eigenvalue weighted by atomic mass is 16.3. The van der Waals surface area contributed by atoms with Crippen LogP contribution in [0, 0.1) is 0 Å². The zero-order chi connectivity index (χ0) is 22.2. The van der Waals surface area contributed by atoms with Gasteiger partial charge in [0.15, 0.2) is 0 Å². The first kappa shape index (κ1) is 20.1. The number of Topliss-reactive ketones (excluding diaryl/α,β-unsaturated/α-hetero) is 2. The summed E-state index contributed by atoms with van der Waals surface area (Å²) < 4.78 is 0. The molecule has 3 nitrogen and oxygen atoms in total. The molecule has 0 atom stereocenters. The van der Waals surface area contributed by atoms with Gasteiger partial charge in [-0.1, -0.05) is 67.6 Å². The SMILES string of the molecule is CCc1ccc(-c2ccc3c(c2)-c2cc(-c4ccc(CO)cc4)ccc2C(=O)C3=O)cc1. The number of hydrogen-bond donors (Lipinski definition) is 1. The summed E-state index contributed by atoms with van der Waals surface area (Å²) in [5.74, 6) is -0.921. The summed E-state index contributed by atoms with van der Waals surface area (Å²) >= 11 is 0. The van der Waals surface area contributed by atoms with Crippen molar-refractivity contribution < 1.29 is 14.7 Å². The molecule has 0 amide bonds. The van der Waals surface area contributed by atoms with E-state index >= 15 is 0 Å². The minimum atomic E-state index is -0.463. The Kier molecular flexibility index (Phi) is 5.04. The Bertz CT molecular complexity index is 1240. The third-order valence-electron chi connectivity index (χ3n) is 6.19. The Hall–Kier alpha value is -3.82. The van der Waals surface area contributed by atoms with Gasteiger partial charge in [-0.05, 0) is 75.2 Å². The van der Waals surface area contributed by atoms with Crippen LogP contribution in [0.4, 0.5) is 0 Å². The minimum absolute atomic E-state index is 0.00350. The number of carbonyl (C=O) groups excluding carboxylic acids is 2. The molecule has 0 radical (unpaired) electrons. The lowest BCUT2D eigenvalue weighted by molar-refractivity contribution is 0.0815. The van der Waals surface area contributed by atoms with Crippen molar-refractivity contribution in [3.05, 3.63) is 107 Å². The Morgan fingerprint density at radius 2 is 0.938 bits per heavy atom. The van der Waals surface area contributed by atoms with Crippen molar-refractivity contribution >= 4 is 11.6 Å². The van der Waals surface area contributed by atoms with Crippen molar-refractivity contribution in [2.45, 2.75) is 20.0 Å². The van der Waals surface area contributed by atoms with E-state index in [1.54, 1.807) is 12.1 Å². The molecule has 0 saturated carbocycles. The third-order valence-corrected chi connectivity index (χ3v) is 6.19. The summed E-state index contributed by atoms with van der Waals surface area (Å²) in [6, 6.07) is 27.4. The highest BCUT2D eigenvalue weighted by Crippen LogP contribution is 2.38. The predicted octanol–water partition coefficient (Wildman–Crippen LogP) is 6.12. The molecule has 0 heterocycles. The molecule has 1 aliphatic rings. The van der Waals surface area contributed by atoms with Gasteiger partial charge in [-0.15, -0.1) is 0 Å². The number of benzene rings is 4.